The highest BCUT2D eigenvalue weighted by molar-refractivity contribution is 6.00. The smallest absolute Gasteiger partial charge is 0.312 e. The summed E-state index contributed by atoms with van der Waals surface area (Å²) in [6, 6.07) is 6.77. The summed E-state index contributed by atoms with van der Waals surface area (Å²) >= 11 is 0. The van der Waals surface area contributed by atoms with Gasteiger partial charge in [-0.05, 0) is 58.6 Å². The van der Waals surface area contributed by atoms with Crippen LogP contribution in [0.2, 0.25) is 0 Å². The Kier molecular flexibility index (Phi) is 8.15. The number of likely N-dealkylation sites (N-methyl/N-ethyl adjacent to an activating group) is 1. The summed E-state index contributed by atoms with van der Waals surface area (Å²) < 4.78 is 21.2. The largest absolute Gasteiger partial charge is 0.443 e. The highest BCUT2D eigenvalue weighted by atomic mass is 19.1. The predicted octanol–water partition coefficient (Wildman–Crippen LogP) is 4.90. The van der Waals surface area contributed by atoms with Crippen molar-refractivity contribution in [2.45, 2.75) is 27.5 Å². The Morgan fingerprint density at radius 2 is 1.85 bits per heavy atom. The van der Waals surface area contributed by atoms with E-state index in [1.807, 2.05) is 25.1 Å². The number of esters is 1. The molecule has 10 heteroatoms. The molecule has 4 aromatic heterocycles. The number of hydrogen-bond donors (Lipinski definition) is 1. The maximum atomic E-state index is 14.0. The fraction of sp³-hybridized carbons (Fsp3) is 0.276. The van der Waals surface area contributed by atoms with Crippen molar-refractivity contribution < 1.29 is 18.7 Å². The number of anilines is 1. The molecule has 9 nitrogen and oxygen atoms in total. The van der Waals surface area contributed by atoms with Gasteiger partial charge in [0, 0.05) is 65.6 Å². The van der Waals surface area contributed by atoms with E-state index in [0.717, 1.165) is 16.5 Å². The Bertz CT molecular complexity index is 1540. The van der Waals surface area contributed by atoms with Gasteiger partial charge in [-0.2, -0.15) is 4.39 Å². The summed E-state index contributed by atoms with van der Waals surface area (Å²) in [5.41, 5.74) is 3.24. The zero-order valence-electron chi connectivity index (χ0n) is 22.6. The second kappa shape index (κ2) is 11.5. The fourth-order valence-corrected chi connectivity index (χ4v) is 3.79. The summed E-state index contributed by atoms with van der Waals surface area (Å²) in [7, 11) is 3.84. The van der Waals surface area contributed by atoms with Crippen molar-refractivity contribution in [3.05, 3.63) is 73.3 Å². The molecule has 4 heterocycles. The van der Waals surface area contributed by atoms with Crippen LogP contribution in [-0.2, 0) is 21.1 Å². The van der Waals surface area contributed by atoms with Gasteiger partial charge in [-0.15, -0.1) is 0 Å². The third-order valence-corrected chi connectivity index (χ3v) is 5.78. The van der Waals surface area contributed by atoms with Crippen molar-refractivity contribution in [1.29, 1.82) is 0 Å². The average molecular weight is 531 g/mol. The number of pyridine rings is 3. The monoisotopic (exact) mass is 530 g/mol. The molecule has 1 amide bonds. The van der Waals surface area contributed by atoms with E-state index in [-0.39, 0.29) is 18.6 Å². The van der Waals surface area contributed by atoms with Gasteiger partial charge in [0.1, 0.15) is 5.65 Å². The van der Waals surface area contributed by atoms with E-state index >= 15 is 0 Å². The van der Waals surface area contributed by atoms with Crippen LogP contribution in [0.25, 0.3) is 33.3 Å². The Labute approximate surface area is 226 Å². The second-order valence-electron chi connectivity index (χ2n) is 10.4. The first kappa shape index (κ1) is 27.6. The summed E-state index contributed by atoms with van der Waals surface area (Å²) in [5.74, 6) is -1.21. The first-order chi connectivity index (χ1) is 18.5. The van der Waals surface area contributed by atoms with Crippen LogP contribution in [0, 0.1) is 11.4 Å². The molecule has 4 aromatic rings. The first-order valence-corrected chi connectivity index (χ1v) is 12.4. The minimum absolute atomic E-state index is 0.0447. The molecule has 0 spiro atoms. The minimum atomic E-state index is -0.657. The Hall–Kier alpha value is -4.44. The van der Waals surface area contributed by atoms with Gasteiger partial charge in [-0.1, -0.05) is 6.08 Å². The summed E-state index contributed by atoms with van der Waals surface area (Å²) in [4.78, 5) is 39.2. The number of halogens is 1. The highest BCUT2D eigenvalue weighted by Crippen LogP contribution is 2.33. The van der Waals surface area contributed by atoms with Gasteiger partial charge >= 0.3 is 5.97 Å². The van der Waals surface area contributed by atoms with Crippen LogP contribution in [0.3, 0.4) is 0 Å². The van der Waals surface area contributed by atoms with Crippen LogP contribution in [-0.4, -0.2) is 56.9 Å². The number of ether oxygens (including phenoxy) is 1. The fourth-order valence-electron chi connectivity index (χ4n) is 3.79. The van der Waals surface area contributed by atoms with Crippen molar-refractivity contribution in [2.24, 2.45) is 5.41 Å². The SMILES string of the molecule is CN(C)CC=CC(=O)Nc1cncc(-c2cnc3c(c2)c(-c2ccnc(F)c2)cn3COC(=O)C(C)(C)C)c1. The number of aromatic nitrogens is 4. The van der Waals surface area contributed by atoms with Crippen molar-refractivity contribution in [3.63, 3.8) is 0 Å². The predicted molar refractivity (Wildman–Crippen MR) is 148 cm³/mol. The van der Waals surface area contributed by atoms with Crippen LogP contribution in [0.15, 0.2) is 67.4 Å². The second-order valence-corrected chi connectivity index (χ2v) is 10.4. The van der Waals surface area contributed by atoms with E-state index in [1.54, 1.807) is 68.3 Å². The lowest BCUT2D eigenvalue weighted by Gasteiger charge is -2.17. The van der Waals surface area contributed by atoms with Gasteiger partial charge in [0.25, 0.3) is 0 Å². The molecule has 0 aliphatic carbocycles. The molecule has 0 aliphatic rings. The minimum Gasteiger partial charge on any atom is -0.443 e. The summed E-state index contributed by atoms with van der Waals surface area (Å²) in [5, 5.41) is 3.55. The number of rotatable bonds is 8. The lowest BCUT2D eigenvalue weighted by Crippen LogP contribution is -2.23. The van der Waals surface area contributed by atoms with Gasteiger partial charge in [0.15, 0.2) is 6.73 Å². The Balaban J connectivity index is 1.69. The molecule has 0 bridgehead atoms. The third kappa shape index (κ3) is 6.91. The van der Waals surface area contributed by atoms with E-state index in [2.05, 4.69) is 20.3 Å². The number of carbonyl (C=O) groups is 2. The van der Waals surface area contributed by atoms with Gasteiger partial charge in [-0.25, -0.2) is 9.97 Å². The van der Waals surface area contributed by atoms with Gasteiger partial charge in [-0.3, -0.25) is 19.1 Å². The average Bonchev–Trinajstić information content (AvgIpc) is 3.24. The highest BCUT2D eigenvalue weighted by Gasteiger charge is 2.24. The van der Waals surface area contributed by atoms with E-state index < -0.39 is 11.4 Å². The summed E-state index contributed by atoms with van der Waals surface area (Å²) in [6.07, 6.45) is 11.4. The molecule has 39 heavy (non-hydrogen) atoms. The molecule has 0 saturated heterocycles. The number of carbonyl (C=O) groups excluding carboxylic acids is 2. The maximum absolute atomic E-state index is 14.0. The number of nitrogens with zero attached hydrogens (tertiary/aromatic N) is 5. The number of fused-ring (bicyclic) bond motifs is 1. The molecule has 202 valence electrons. The van der Waals surface area contributed by atoms with Crippen molar-refractivity contribution in [1.82, 2.24) is 24.4 Å². The molecular weight excluding hydrogens is 499 g/mol. The molecule has 0 atom stereocenters. The van der Waals surface area contributed by atoms with Crippen molar-refractivity contribution >= 4 is 28.6 Å². The van der Waals surface area contributed by atoms with E-state index in [4.69, 9.17) is 4.74 Å². The molecule has 4 rings (SSSR count). The third-order valence-electron chi connectivity index (χ3n) is 5.78. The topological polar surface area (TPSA) is 102 Å². The lowest BCUT2D eigenvalue weighted by atomic mass is 9.98. The quantitative estimate of drug-likeness (QED) is 0.196. The van der Waals surface area contributed by atoms with Crippen molar-refractivity contribution in [2.75, 3.05) is 26.0 Å². The van der Waals surface area contributed by atoms with E-state index in [9.17, 15) is 14.0 Å². The normalized spacial score (nSPS) is 11.9. The molecule has 0 fully saturated rings. The van der Waals surface area contributed by atoms with Gasteiger partial charge in [0.2, 0.25) is 11.9 Å². The van der Waals surface area contributed by atoms with Gasteiger partial charge in [0.05, 0.1) is 17.3 Å². The van der Waals surface area contributed by atoms with Crippen LogP contribution in [0.1, 0.15) is 20.8 Å². The lowest BCUT2D eigenvalue weighted by molar-refractivity contribution is -0.156. The van der Waals surface area contributed by atoms with Crippen LogP contribution < -0.4 is 5.32 Å². The number of nitrogens with one attached hydrogen (secondary N) is 1. The zero-order chi connectivity index (χ0) is 28.2. The standard InChI is InChI=1S/C29H31FN6O3/c1-29(2,3)28(38)39-18-36-17-24(19-8-9-32-25(30)13-19)23-12-21(15-33-27(23)36)20-11-22(16-31-14-20)34-26(37)7-6-10-35(4)5/h6-9,11-17H,10,18H2,1-5H3,(H,34,37). The summed E-state index contributed by atoms with van der Waals surface area (Å²) in [6.45, 7) is 5.95. The molecule has 0 radical (unpaired) electrons. The number of hydrogen-bond acceptors (Lipinski definition) is 7. The number of amides is 1. The molecule has 0 saturated carbocycles. The van der Waals surface area contributed by atoms with Gasteiger partial charge < -0.3 is 15.0 Å². The molecule has 1 N–H and O–H groups in total. The zero-order valence-corrected chi connectivity index (χ0v) is 22.6. The Morgan fingerprint density at radius 3 is 2.56 bits per heavy atom. The first-order valence-electron chi connectivity index (χ1n) is 12.4. The van der Waals surface area contributed by atoms with Crippen LogP contribution >= 0.6 is 0 Å². The molecule has 0 aromatic carbocycles. The molecule has 0 aliphatic heterocycles. The molecule has 0 unspecified atom stereocenters. The van der Waals surface area contributed by atoms with E-state index in [0.29, 0.717) is 29.0 Å². The Morgan fingerprint density at radius 1 is 1.08 bits per heavy atom. The maximum Gasteiger partial charge on any atom is 0.312 e. The van der Waals surface area contributed by atoms with Crippen molar-refractivity contribution in [3.8, 4) is 22.3 Å². The van der Waals surface area contributed by atoms with Crippen LogP contribution in [0.5, 0.6) is 0 Å². The molecular formula is C29H31FN6O3. The van der Waals surface area contributed by atoms with Crippen LogP contribution in [0.4, 0.5) is 10.1 Å². The van der Waals surface area contributed by atoms with E-state index in [1.165, 1.54) is 18.3 Å².